The molecule has 0 spiro atoms. The fourth-order valence-electron chi connectivity index (χ4n) is 0.707. The van der Waals surface area contributed by atoms with Crippen LogP contribution in [0.15, 0.2) is 17.7 Å². The van der Waals surface area contributed by atoms with Crippen LogP contribution in [0.25, 0.3) is 0 Å². The summed E-state index contributed by atoms with van der Waals surface area (Å²) in [5.41, 5.74) is 1.34. The van der Waals surface area contributed by atoms with Crippen LogP contribution in [0.2, 0.25) is 0 Å². The van der Waals surface area contributed by atoms with E-state index in [1.165, 1.54) is 5.57 Å². The van der Waals surface area contributed by atoms with Gasteiger partial charge in [-0.15, -0.1) is 6.61 Å². The summed E-state index contributed by atoms with van der Waals surface area (Å²) in [6, 6.07) is 0. The van der Waals surface area contributed by atoms with Gasteiger partial charge in [0, 0.05) is 0 Å². The Morgan fingerprint density at radius 1 is 1.33 bits per heavy atom. The topological polar surface area (TPSA) is 46.8 Å². The molecule has 0 amide bonds. The SMILES string of the molecule is CC(C)=CCC[C-]=CCC[O-].[C-]#N.[Cu+2].[Li+]. The van der Waals surface area contributed by atoms with Crippen molar-refractivity contribution < 1.29 is 41.0 Å². The van der Waals surface area contributed by atoms with E-state index in [0.29, 0.717) is 6.42 Å². The van der Waals surface area contributed by atoms with Crippen molar-refractivity contribution in [3.05, 3.63) is 30.4 Å². The van der Waals surface area contributed by atoms with Crippen molar-refractivity contribution in [3.63, 3.8) is 0 Å². The van der Waals surface area contributed by atoms with Crippen LogP contribution in [0.3, 0.4) is 0 Å². The van der Waals surface area contributed by atoms with Crippen LogP contribution in [0, 0.1) is 17.9 Å². The Kier molecular flexibility index (Phi) is 38.4. The maximum absolute atomic E-state index is 9.99. The predicted molar refractivity (Wildman–Crippen MR) is 50.9 cm³/mol. The van der Waals surface area contributed by atoms with Crippen LogP contribution in [0.5, 0.6) is 0 Å². The van der Waals surface area contributed by atoms with Gasteiger partial charge in [0.25, 0.3) is 0 Å². The quantitative estimate of drug-likeness (QED) is 0.270. The zero-order chi connectivity index (χ0) is 10.5. The van der Waals surface area contributed by atoms with E-state index in [0.717, 1.165) is 12.8 Å². The van der Waals surface area contributed by atoms with Crippen molar-refractivity contribution >= 4 is 0 Å². The Morgan fingerprint density at radius 2 is 1.87 bits per heavy atom. The molecule has 0 unspecified atom stereocenters. The van der Waals surface area contributed by atoms with Crippen LogP contribution in [-0.4, -0.2) is 6.61 Å². The minimum atomic E-state index is -0.0182. The third-order valence-corrected chi connectivity index (χ3v) is 1.25. The van der Waals surface area contributed by atoms with E-state index in [9.17, 15) is 5.11 Å². The first-order valence-corrected chi connectivity index (χ1v) is 4.26. The molecule has 0 aromatic heterocycles. The molecule has 0 N–H and O–H groups in total. The Balaban J connectivity index is -0.000000142. The Bertz CT molecular complexity index is 175. The molecule has 83 valence electrons. The second-order valence-corrected chi connectivity index (χ2v) is 2.72. The first-order valence-electron chi connectivity index (χ1n) is 4.26. The summed E-state index contributed by atoms with van der Waals surface area (Å²) in [7, 11) is 0. The summed E-state index contributed by atoms with van der Waals surface area (Å²) >= 11 is 0. The van der Waals surface area contributed by atoms with Crippen LogP contribution in [-0.2, 0) is 17.1 Å². The Morgan fingerprint density at radius 3 is 2.27 bits per heavy atom. The summed E-state index contributed by atoms with van der Waals surface area (Å²) in [6.07, 6.45) is 9.68. The first kappa shape index (κ1) is 24.3. The molecule has 0 aromatic rings. The number of allylic oxidation sites excluding steroid dienone is 3. The molecule has 2 nitrogen and oxygen atoms in total. The Labute approximate surface area is 116 Å². The zero-order valence-corrected chi connectivity index (χ0v) is 10.6. The first-order chi connectivity index (χ1) is 6.27. The van der Waals surface area contributed by atoms with E-state index < -0.39 is 0 Å². The van der Waals surface area contributed by atoms with Crippen LogP contribution < -0.4 is 24.0 Å². The van der Waals surface area contributed by atoms with E-state index in [1.54, 1.807) is 0 Å². The van der Waals surface area contributed by atoms with Crippen molar-refractivity contribution in [2.24, 2.45) is 0 Å². The number of hydrogen-bond donors (Lipinski definition) is 0. The van der Waals surface area contributed by atoms with Crippen molar-refractivity contribution in [2.75, 3.05) is 6.61 Å². The van der Waals surface area contributed by atoms with Gasteiger partial charge in [-0.3, -0.25) is 6.08 Å². The molecule has 0 aliphatic rings. The maximum Gasteiger partial charge on any atom is 2.00 e. The molecule has 0 aliphatic heterocycles. The molecule has 0 aromatic carbocycles. The van der Waals surface area contributed by atoms with E-state index in [1.807, 2.05) is 6.08 Å². The third-order valence-electron chi connectivity index (χ3n) is 1.25. The predicted octanol–water partition coefficient (Wildman–Crippen LogP) is -1.06. The van der Waals surface area contributed by atoms with Gasteiger partial charge in [-0.2, -0.15) is 6.42 Å². The van der Waals surface area contributed by atoms with Gasteiger partial charge in [0.15, 0.2) is 0 Å². The molecule has 0 heterocycles. The van der Waals surface area contributed by atoms with Crippen molar-refractivity contribution in [1.82, 2.24) is 0 Å². The number of rotatable bonds is 5. The van der Waals surface area contributed by atoms with Gasteiger partial charge in [0.05, 0.1) is 0 Å². The normalized spacial score (nSPS) is 7.80. The fourth-order valence-corrected chi connectivity index (χ4v) is 0.707. The smallest absolute Gasteiger partial charge is 0.854 e. The number of nitrogens with zero attached hydrogens (tertiary/aromatic N) is 1. The molecule has 1 radical (unpaired) electrons. The van der Waals surface area contributed by atoms with Gasteiger partial charge in [-0.25, -0.2) is 0 Å². The van der Waals surface area contributed by atoms with Crippen molar-refractivity contribution in [1.29, 1.82) is 5.26 Å². The summed E-state index contributed by atoms with van der Waals surface area (Å²) < 4.78 is 0. The monoisotopic (exact) mass is 248 g/mol. The molecule has 0 saturated carbocycles. The fraction of sp³-hybridized carbons (Fsp3) is 0.545. The molecule has 0 bridgehead atoms. The second kappa shape index (κ2) is 23.7. The van der Waals surface area contributed by atoms with E-state index in [2.05, 4.69) is 26.0 Å². The molecular formula is C11H16CuLiNO. The van der Waals surface area contributed by atoms with Gasteiger partial charge < -0.3 is 23.0 Å². The van der Waals surface area contributed by atoms with Gasteiger partial charge in [-0.1, -0.05) is 24.5 Å². The molecule has 0 fully saturated rings. The molecular weight excluding hydrogens is 233 g/mol. The second-order valence-electron chi connectivity index (χ2n) is 2.72. The molecule has 15 heavy (non-hydrogen) atoms. The van der Waals surface area contributed by atoms with E-state index in [4.69, 9.17) is 11.8 Å². The van der Waals surface area contributed by atoms with E-state index >= 15 is 0 Å². The van der Waals surface area contributed by atoms with Gasteiger partial charge in [0.2, 0.25) is 0 Å². The maximum atomic E-state index is 9.99. The van der Waals surface area contributed by atoms with Gasteiger partial charge >= 0.3 is 35.9 Å². The molecule has 0 aliphatic carbocycles. The summed E-state index contributed by atoms with van der Waals surface area (Å²) in [6.45, 7) is 8.90. The average molecular weight is 249 g/mol. The molecule has 4 heteroatoms. The van der Waals surface area contributed by atoms with Gasteiger partial charge in [-0.05, 0) is 13.8 Å². The third kappa shape index (κ3) is 31.5. The number of unbranched alkanes of at least 4 members (excludes halogenated alkanes) is 1. The number of hydrogen-bond acceptors (Lipinski definition) is 2. The zero-order valence-electron chi connectivity index (χ0n) is 9.64. The Hall–Kier alpha value is 0.0469. The van der Waals surface area contributed by atoms with Crippen LogP contribution in [0.4, 0.5) is 0 Å². The summed E-state index contributed by atoms with van der Waals surface area (Å²) in [5.74, 6) is 0. The summed E-state index contributed by atoms with van der Waals surface area (Å²) in [5, 5.41) is 16.2. The van der Waals surface area contributed by atoms with Crippen molar-refractivity contribution in [2.45, 2.75) is 33.1 Å². The summed E-state index contributed by atoms with van der Waals surface area (Å²) in [4.78, 5) is 0. The van der Waals surface area contributed by atoms with Crippen LogP contribution in [0.1, 0.15) is 33.1 Å². The van der Waals surface area contributed by atoms with Gasteiger partial charge in [0.1, 0.15) is 0 Å². The molecule has 0 saturated heterocycles. The standard InChI is InChI=1S/C10H16O.CN.Cu.Li/c1-10(2)8-6-4-3-5-7-9-11;1-2;;/h5,8H,4,6-7,9H2,1-2H3;;;/q-2;-1;+2;+1. The van der Waals surface area contributed by atoms with Crippen molar-refractivity contribution in [3.8, 4) is 0 Å². The minimum Gasteiger partial charge on any atom is -0.854 e. The van der Waals surface area contributed by atoms with Crippen LogP contribution >= 0.6 is 0 Å². The minimum absolute atomic E-state index is 0. The average Bonchev–Trinajstić information content (AvgIpc) is 2.14. The largest absolute Gasteiger partial charge is 2.00 e. The molecule has 0 atom stereocenters. The molecule has 0 rings (SSSR count). The van der Waals surface area contributed by atoms with E-state index in [-0.39, 0.29) is 42.5 Å².